The SMILES string of the molecule is CCCCCN(c1ccc(CNC2CC2)nn1)C(C)C. The number of rotatable bonds is 9. The lowest BCUT2D eigenvalue weighted by Gasteiger charge is -2.27. The van der Waals surface area contributed by atoms with Crippen molar-refractivity contribution in [3.8, 4) is 0 Å². The molecule has 0 amide bonds. The van der Waals surface area contributed by atoms with Gasteiger partial charge in [-0.2, -0.15) is 5.10 Å². The highest BCUT2D eigenvalue weighted by atomic mass is 15.3. The molecule has 1 aliphatic carbocycles. The predicted octanol–water partition coefficient (Wildman–Crippen LogP) is 3.13. The Morgan fingerprint density at radius 1 is 1.25 bits per heavy atom. The van der Waals surface area contributed by atoms with Crippen LogP contribution >= 0.6 is 0 Å². The average molecular weight is 276 g/mol. The maximum Gasteiger partial charge on any atom is 0.151 e. The van der Waals surface area contributed by atoms with E-state index < -0.39 is 0 Å². The van der Waals surface area contributed by atoms with Crippen molar-refractivity contribution >= 4 is 5.82 Å². The van der Waals surface area contributed by atoms with Crippen LogP contribution in [-0.2, 0) is 6.54 Å². The quantitative estimate of drug-likeness (QED) is 0.704. The Balaban J connectivity index is 1.89. The van der Waals surface area contributed by atoms with Crippen molar-refractivity contribution in [2.75, 3.05) is 11.4 Å². The second-order valence-electron chi connectivity index (χ2n) is 6.03. The summed E-state index contributed by atoms with van der Waals surface area (Å²) in [6, 6.07) is 5.41. The van der Waals surface area contributed by atoms with Gasteiger partial charge in [0, 0.05) is 25.2 Å². The zero-order chi connectivity index (χ0) is 14.4. The third-order valence-corrected chi connectivity index (χ3v) is 3.78. The van der Waals surface area contributed by atoms with E-state index in [1.54, 1.807) is 0 Å². The van der Waals surface area contributed by atoms with Crippen LogP contribution in [0, 0.1) is 0 Å². The van der Waals surface area contributed by atoms with E-state index in [0.717, 1.165) is 30.6 Å². The molecule has 0 atom stereocenters. The van der Waals surface area contributed by atoms with Crippen LogP contribution in [0.4, 0.5) is 5.82 Å². The van der Waals surface area contributed by atoms with Crippen molar-refractivity contribution in [2.45, 2.75) is 71.5 Å². The molecular formula is C16H28N4. The summed E-state index contributed by atoms with van der Waals surface area (Å²) in [6.07, 6.45) is 6.37. The molecule has 20 heavy (non-hydrogen) atoms. The van der Waals surface area contributed by atoms with Crippen molar-refractivity contribution in [3.63, 3.8) is 0 Å². The van der Waals surface area contributed by atoms with Crippen molar-refractivity contribution in [1.29, 1.82) is 0 Å². The third-order valence-electron chi connectivity index (χ3n) is 3.78. The molecule has 1 aromatic heterocycles. The van der Waals surface area contributed by atoms with Crippen molar-refractivity contribution < 1.29 is 0 Å². The molecule has 1 N–H and O–H groups in total. The molecular weight excluding hydrogens is 248 g/mol. The number of nitrogens with zero attached hydrogens (tertiary/aromatic N) is 3. The summed E-state index contributed by atoms with van der Waals surface area (Å²) in [5, 5.41) is 12.2. The Bertz CT molecular complexity index is 384. The largest absolute Gasteiger partial charge is 0.353 e. The van der Waals surface area contributed by atoms with Gasteiger partial charge in [-0.05, 0) is 45.2 Å². The molecule has 4 nitrogen and oxygen atoms in total. The molecule has 112 valence electrons. The number of aromatic nitrogens is 2. The number of nitrogens with one attached hydrogen (secondary N) is 1. The Labute approximate surface area is 123 Å². The smallest absolute Gasteiger partial charge is 0.151 e. The van der Waals surface area contributed by atoms with Gasteiger partial charge in [0.2, 0.25) is 0 Å². The lowest BCUT2D eigenvalue weighted by molar-refractivity contribution is 0.612. The van der Waals surface area contributed by atoms with Crippen molar-refractivity contribution in [2.24, 2.45) is 0 Å². The highest BCUT2D eigenvalue weighted by Gasteiger charge is 2.20. The highest BCUT2D eigenvalue weighted by molar-refractivity contribution is 5.38. The Morgan fingerprint density at radius 2 is 2.05 bits per heavy atom. The van der Waals surface area contributed by atoms with Gasteiger partial charge in [0.15, 0.2) is 5.82 Å². The summed E-state index contributed by atoms with van der Waals surface area (Å²) >= 11 is 0. The average Bonchev–Trinajstić information content (AvgIpc) is 3.26. The predicted molar refractivity (Wildman–Crippen MR) is 83.9 cm³/mol. The Hall–Kier alpha value is -1.16. The Morgan fingerprint density at radius 3 is 2.60 bits per heavy atom. The van der Waals surface area contributed by atoms with Crippen LogP contribution in [-0.4, -0.2) is 28.8 Å². The number of unbranched alkanes of at least 4 members (excludes halogenated alkanes) is 2. The first kappa shape index (κ1) is 15.2. The second-order valence-corrected chi connectivity index (χ2v) is 6.03. The minimum atomic E-state index is 0.469. The number of hydrogen-bond acceptors (Lipinski definition) is 4. The zero-order valence-electron chi connectivity index (χ0n) is 13.1. The van der Waals surface area contributed by atoms with Crippen LogP contribution in [0.5, 0.6) is 0 Å². The van der Waals surface area contributed by atoms with Gasteiger partial charge in [0.1, 0.15) is 0 Å². The lowest BCUT2D eigenvalue weighted by atomic mass is 10.2. The molecule has 0 unspecified atom stereocenters. The topological polar surface area (TPSA) is 41.0 Å². The molecule has 0 aromatic carbocycles. The molecule has 1 aliphatic rings. The first-order valence-electron chi connectivity index (χ1n) is 8.03. The van der Waals surface area contributed by atoms with Gasteiger partial charge in [0.05, 0.1) is 5.69 Å². The van der Waals surface area contributed by atoms with Crippen LogP contribution in [0.2, 0.25) is 0 Å². The van der Waals surface area contributed by atoms with Crippen molar-refractivity contribution in [3.05, 3.63) is 17.8 Å². The van der Waals surface area contributed by atoms with E-state index >= 15 is 0 Å². The van der Waals surface area contributed by atoms with Gasteiger partial charge in [-0.3, -0.25) is 0 Å². The third kappa shape index (κ3) is 4.75. The van der Waals surface area contributed by atoms with E-state index in [4.69, 9.17) is 0 Å². The minimum absolute atomic E-state index is 0.469. The van der Waals surface area contributed by atoms with Crippen LogP contribution in [0.1, 0.15) is 58.6 Å². The molecule has 1 aromatic rings. The summed E-state index contributed by atoms with van der Waals surface area (Å²) in [4.78, 5) is 2.35. The maximum absolute atomic E-state index is 4.41. The van der Waals surface area contributed by atoms with Gasteiger partial charge in [-0.25, -0.2) is 0 Å². The lowest BCUT2D eigenvalue weighted by Crippen LogP contribution is -2.32. The van der Waals surface area contributed by atoms with E-state index in [0.29, 0.717) is 6.04 Å². The molecule has 1 fully saturated rings. The van der Waals surface area contributed by atoms with Gasteiger partial charge >= 0.3 is 0 Å². The summed E-state index contributed by atoms with van der Waals surface area (Å²) < 4.78 is 0. The fourth-order valence-corrected chi connectivity index (χ4v) is 2.31. The summed E-state index contributed by atoms with van der Waals surface area (Å²) in [5.41, 5.74) is 1.04. The van der Waals surface area contributed by atoms with Gasteiger partial charge in [0.25, 0.3) is 0 Å². The first-order chi connectivity index (χ1) is 9.70. The summed E-state index contributed by atoms with van der Waals surface area (Å²) in [6.45, 7) is 8.59. The van der Waals surface area contributed by atoms with Gasteiger partial charge in [-0.1, -0.05) is 19.8 Å². The molecule has 1 heterocycles. The van der Waals surface area contributed by atoms with E-state index in [-0.39, 0.29) is 0 Å². The number of anilines is 1. The first-order valence-corrected chi connectivity index (χ1v) is 8.03. The normalized spacial score (nSPS) is 14.8. The van der Waals surface area contributed by atoms with Crippen molar-refractivity contribution in [1.82, 2.24) is 15.5 Å². The highest BCUT2D eigenvalue weighted by Crippen LogP contribution is 2.19. The molecule has 0 radical (unpaired) electrons. The van der Waals surface area contributed by atoms with E-state index in [9.17, 15) is 0 Å². The fraction of sp³-hybridized carbons (Fsp3) is 0.750. The monoisotopic (exact) mass is 276 g/mol. The van der Waals surface area contributed by atoms with Gasteiger partial charge < -0.3 is 10.2 Å². The Kier molecular flexibility index (Phi) is 5.77. The molecule has 0 aliphatic heterocycles. The molecule has 4 heteroatoms. The fourth-order valence-electron chi connectivity index (χ4n) is 2.31. The van der Waals surface area contributed by atoms with Gasteiger partial charge in [-0.15, -0.1) is 5.10 Å². The standard InChI is InChI=1S/C16H28N4/c1-4-5-6-11-20(13(2)3)16-10-9-15(18-19-16)12-17-14-7-8-14/h9-10,13-14,17H,4-8,11-12H2,1-3H3. The summed E-state index contributed by atoms with van der Waals surface area (Å²) in [7, 11) is 0. The van der Waals surface area contributed by atoms with Crippen LogP contribution in [0.3, 0.4) is 0 Å². The van der Waals surface area contributed by atoms with Crippen LogP contribution in [0.15, 0.2) is 12.1 Å². The molecule has 0 bridgehead atoms. The van der Waals surface area contributed by atoms with Crippen LogP contribution in [0.25, 0.3) is 0 Å². The van der Waals surface area contributed by atoms with Crippen LogP contribution < -0.4 is 10.2 Å². The second kappa shape index (κ2) is 7.58. The molecule has 0 spiro atoms. The van der Waals surface area contributed by atoms with E-state index in [2.05, 4.69) is 53.3 Å². The molecule has 0 saturated heterocycles. The van der Waals surface area contributed by atoms with E-state index in [1.807, 2.05) is 0 Å². The maximum atomic E-state index is 4.41. The number of hydrogen-bond donors (Lipinski definition) is 1. The van der Waals surface area contributed by atoms with E-state index in [1.165, 1.54) is 32.1 Å². The molecule has 2 rings (SSSR count). The molecule has 1 saturated carbocycles. The zero-order valence-corrected chi connectivity index (χ0v) is 13.1. The minimum Gasteiger partial charge on any atom is -0.353 e. The summed E-state index contributed by atoms with van der Waals surface area (Å²) in [5.74, 6) is 1.01.